The molecule has 5 nitrogen and oxygen atoms in total. The molecule has 0 saturated carbocycles. The summed E-state index contributed by atoms with van der Waals surface area (Å²) in [7, 11) is 3.44. The summed E-state index contributed by atoms with van der Waals surface area (Å²) in [6.07, 6.45) is 4.43. The van der Waals surface area contributed by atoms with Gasteiger partial charge in [0, 0.05) is 44.6 Å². The highest BCUT2D eigenvalue weighted by atomic mass is 16.5. The fraction of sp³-hybridized carbons (Fsp3) is 0.667. The van der Waals surface area contributed by atoms with E-state index < -0.39 is 0 Å². The fourth-order valence-corrected chi connectivity index (χ4v) is 3.34. The Morgan fingerprint density at radius 1 is 1.45 bits per heavy atom. The third-order valence-corrected chi connectivity index (χ3v) is 4.30. The molecule has 5 heteroatoms. The van der Waals surface area contributed by atoms with Crippen LogP contribution in [0.3, 0.4) is 0 Å². The number of ether oxygens (including phenoxy) is 3. The lowest BCUT2D eigenvalue weighted by Crippen LogP contribution is -2.41. The molecule has 0 unspecified atom stereocenters. The van der Waals surface area contributed by atoms with Crippen molar-refractivity contribution >= 4 is 0 Å². The first-order valence-electron chi connectivity index (χ1n) is 7.20. The average molecular weight is 278 g/mol. The summed E-state index contributed by atoms with van der Waals surface area (Å²) in [5.74, 6) is 0.710. The van der Waals surface area contributed by atoms with Crippen molar-refractivity contribution in [1.82, 2.24) is 9.88 Å². The minimum Gasteiger partial charge on any atom is -0.481 e. The number of hydrogen-bond acceptors (Lipinski definition) is 5. The van der Waals surface area contributed by atoms with E-state index in [9.17, 15) is 0 Å². The number of aromatic nitrogens is 1. The van der Waals surface area contributed by atoms with Crippen LogP contribution in [0.4, 0.5) is 0 Å². The highest BCUT2D eigenvalue weighted by Gasteiger charge is 2.44. The number of rotatable bonds is 4. The lowest BCUT2D eigenvalue weighted by molar-refractivity contribution is -0.0655. The van der Waals surface area contributed by atoms with Gasteiger partial charge in [0.2, 0.25) is 5.88 Å². The lowest BCUT2D eigenvalue weighted by atomic mass is 10.0. The second-order valence-electron chi connectivity index (χ2n) is 5.42. The summed E-state index contributed by atoms with van der Waals surface area (Å²) in [5, 5.41) is 0. The standard InChI is InChI=1S/C15H22N2O3/c1-18-13-10-17(12-6-4-8-20-14(12)13)9-11-5-3-7-16-15(11)19-2/h3,5,7,12-14H,4,6,8-10H2,1-2H3/t12-,13+,14+/m0/s1. The Bertz CT molecular complexity index is 454. The Morgan fingerprint density at radius 2 is 2.35 bits per heavy atom. The van der Waals surface area contributed by atoms with Crippen LogP contribution in [0, 0.1) is 0 Å². The van der Waals surface area contributed by atoms with Crippen molar-refractivity contribution in [2.45, 2.75) is 37.6 Å². The molecule has 20 heavy (non-hydrogen) atoms. The van der Waals surface area contributed by atoms with Crippen LogP contribution in [0.5, 0.6) is 5.88 Å². The third-order valence-electron chi connectivity index (χ3n) is 4.30. The van der Waals surface area contributed by atoms with Gasteiger partial charge in [0.05, 0.1) is 13.2 Å². The average Bonchev–Trinajstić information content (AvgIpc) is 2.86. The van der Waals surface area contributed by atoms with Gasteiger partial charge in [-0.1, -0.05) is 6.07 Å². The van der Waals surface area contributed by atoms with Crippen LogP contribution >= 0.6 is 0 Å². The number of nitrogens with zero attached hydrogens (tertiary/aromatic N) is 2. The van der Waals surface area contributed by atoms with Crippen molar-refractivity contribution in [3.05, 3.63) is 23.9 Å². The molecule has 0 N–H and O–H groups in total. The van der Waals surface area contributed by atoms with Gasteiger partial charge >= 0.3 is 0 Å². The normalized spacial score (nSPS) is 30.2. The molecule has 3 rings (SSSR count). The van der Waals surface area contributed by atoms with Gasteiger partial charge in [-0.05, 0) is 18.9 Å². The first-order chi connectivity index (χ1) is 9.83. The minimum absolute atomic E-state index is 0.169. The van der Waals surface area contributed by atoms with E-state index in [1.165, 1.54) is 6.42 Å². The molecule has 2 saturated heterocycles. The van der Waals surface area contributed by atoms with Gasteiger partial charge < -0.3 is 14.2 Å². The minimum atomic E-state index is 0.169. The van der Waals surface area contributed by atoms with E-state index in [2.05, 4.69) is 16.0 Å². The Balaban J connectivity index is 1.76. The molecule has 3 heterocycles. The zero-order chi connectivity index (χ0) is 13.9. The van der Waals surface area contributed by atoms with Gasteiger partial charge in [0.15, 0.2) is 0 Å². The molecule has 2 aliphatic heterocycles. The highest BCUT2D eigenvalue weighted by molar-refractivity contribution is 5.25. The summed E-state index contributed by atoms with van der Waals surface area (Å²) in [6.45, 7) is 2.59. The molecule has 2 aliphatic rings. The summed E-state index contributed by atoms with van der Waals surface area (Å²) < 4.78 is 16.9. The lowest BCUT2D eigenvalue weighted by Gasteiger charge is -2.32. The monoisotopic (exact) mass is 278 g/mol. The molecule has 0 bridgehead atoms. The molecule has 110 valence electrons. The molecule has 0 spiro atoms. The second kappa shape index (κ2) is 6.08. The van der Waals surface area contributed by atoms with Gasteiger partial charge in [-0.3, -0.25) is 4.90 Å². The fourth-order valence-electron chi connectivity index (χ4n) is 3.34. The molecular weight excluding hydrogens is 256 g/mol. The van der Waals surface area contributed by atoms with E-state index in [4.69, 9.17) is 14.2 Å². The number of methoxy groups -OCH3 is 2. The first kappa shape index (κ1) is 13.8. The Labute approximate surface area is 119 Å². The number of pyridine rings is 1. The zero-order valence-corrected chi connectivity index (χ0v) is 12.1. The van der Waals surface area contributed by atoms with E-state index in [0.717, 1.165) is 31.7 Å². The maximum Gasteiger partial charge on any atom is 0.217 e. The molecule has 3 atom stereocenters. The smallest absolute Gasteiger partial charge is 0.217 e. The van der Waals surface area contributed by atoms with Gasteiger partial charge in [-0.25, -0.2) is 4.98 Å². The number of hydrogen-bond donors (Lipinski definition) is 0. The molecular formula is C15H22N2O3. The Hall–Kier alpha value is -1.17. The van der Waals surface area contributed by atoms with Crippen LogP contribution in [0.2, 0.25) is 0 Å². The van der Waals surface area contributed by atoms with Crippen LogP contribution < -0.4 is 4.74 Å². The van der Waals surface area contributed by atoms with Crippen molar-refractivity contribution in [3.63, 3.8) is 0 Å². The first-order valence-corrected chi connectivity index (χ1v) is 7.20. The van der Waals surface area contributed by atoms with Gasteiger partial charge in [-0.15, -0.1) is 0 Å². The van der Waals surface area contributed by atoms with Crippen molar-refractivity contribution in [3.8, 4) is 5.88 Å². The van der Waals surface area contributed by atoms with E-state index in [1.54, 1.807) is 20.4 Å². The van der Waals surface area contributed by atoms with Gasteiger partial charge in [-0.2, -0.15) is 0 Å². The van der Waals surface area contributed by atoms with E-state index in [0.29, 0.717) is 11.9 Å². The largest absolute Gasteiger partial charge is 0.481 e. The number of fused-ring (bicyclic) bond motifs is 1. The van der Waals surface area contributed by atoms with E-state index in [-0.39, 0.29) is 12.2 Å². The predicted molar refractivity (Wildman–Crippen MR) is 74.8 cm³/mol. The highest BCUT2D eigenvalue weighted by Crippen LogP contribution is 2.32. The van der Waals surface area contributed by atoms with Crippen molar-refractivity contribution in [2.75, 3.05) is 27.4 Å². The molecule has 0 aliphatic carbocycles. The molecule has 1 aromatic rings. The maximum atomic E-state index is 5.92. The Morgan fingerprint density at radius 3 is 3.15 bits per heavy atom. The van der Waals surface area contributed by atoms with Crippen molar-refractivity contribution in [1.29, 1.82) is 0 Å². The predicted octanol–water partition coefficient (Wildman–Crippen LogP) is 1.47. The topological polar surface area (TPSA) is 43.8 Å². The van der Waals surface area contributed by atoms with E-state index >= 15 is 0 Å². The van der Waals surface area contributed by atoms with Crippen molar-refractivity contribution < 1.29 is 14.2 Å². The summed E-state index contributed by atoms with van der Waals surface area (Å²) in [5.41, 5.74) is 1.12. The quantitative estimate of drug-likeness (QED) is 0.834. The van der Waals surface area contributed by atoms with Gasteiger partial charge in [0.1, 0.15) is 6.10 Å². The van der Waals surface area contributed by atoms with Crippen LogP contribution in [-0.2, 0) is 16.0 Å². The van der Waals surface area contributed by atoms with Crippen molar-refractivity contribution in [2.24, 2.45) is 0 Å². The van der Waals surface area contributed by atoms with Crippen LogP contribution in [0.1, 0.15) is 18.4 Å². The molecule has 0 aromatic carbocycles. The van der Waals surface area contributed by atoms with Crippen LogP contribution in [0.25, 0.3) is 0 Å². The molecule has 2 fully saturated rings. The Kier molecular flexibility index (Phi) is 4.19. The molecule has 0 radical (unpaired) electrons. The second-order valence-corrected chi connectivity index (χ2v) is 5.42. The van der Waals surface area contributed by atoms with Gasteiger partial charge in [0.25, 0.3) is 0 Å². The SMILES string of the molecule is COc1ncccc1CN1C[C@@H](OC)[C@@H]2OCCC[C@@H]21. The molecule has 0 amide bonds. The summed E-state index contributed by atoms with van der Waals surface area (Å²) in [4.78, 5) is 6.71. The number of likely N-dealkylation sites (tertiary alicyclic amines) is 1. The zero-order valence-electron chi connectivity index (χ0n) is 12.1. The third kappa shape index (κ3) is 2.53. The maximum absolute atomic E-state index is 5.92. The van der Waals surface area contributed by atoms with E-state index in [1.807, 2.05) is 6.07 Å². The van der Waals surface area contributed by atoms with Crippen LogP contribution in [0.15, 0.2) is 18.3 Å². The molecule has 1 aromatic heterocycles. The van der Waals surface area contributed by atoms with Crippen LogP contribution in [-0.4, -0.2) is 55.5 Å². The summed E-state index contributed by atoms with van der Waals surface area (Å²) in [6, 6.07) is 4.47. The summed E-state index contributed by atoms with van der Waals surface area (Å²) >= 11 is 0.